The maximum Gasteiger partial charge on any atom is 0.241 e. The van der Waals surface area contributed by atoms with E-state index in [-0.39, 0.29) is 43.0 Å². The number of aliphatic hydroxyl groups excluding tert-OH is 1. The van der Waals surface area contributed by atoms with E-state index >= 15 is 0 Å². The normalized spacial score (nSPS) is 12.3. The van der Waals surface area contributed by atoms with E-state index in [2.05, 4.69) is 15.6 Å². The molecular formula is C12H20ClIN4O2S. The molecule has 0 saturated heterocycles. The van der Waals surface area contributed by atoms with Gasteiger partial charge in [-0.2, -0.15) is 0 Å². The Morgan fingerprint density at radius 2 is 2.14 bits per heavy atom. The summed E-state index contributed by atoms with van der Waals surface area (Å²) in [5, 5.41) is 15.8. The molecule has 0 aliphatic heterocycles. The smallest absolute Gasteiger partial charge is 0.241 e. The Balaban J connectivity index is 0.00000400. The number of guanidine groups is 1. The van der Waals surface area contributed by atoms with Crippen molar-refractivity contribution < 1.29 is 9.90 Å². The summed E-state index contributed by atoms with van der Waals surface area (Å²) in [7, 11) is 4.97. The van der Waals surface area contributed by atoms with Crippen molar-refractivity contribution in [2.75, 3.05) is 34.2 Å². The lowest BCUT2D eigenvalue weighted by molar-refractivity contribution is -0.127. The van der Waals surface area contributed by atoms with Gasteiger partial charge in [-0.05, 0) is 12.1 Å². The second-order valence-corrected chi connectivity index (χ2v) is 6.00. The predicted molar refractivity (Wildman–Crippen MR) is 97.8 cm³/mol. The number of amides is 1. The first-order chi connectivity index (χ1) is 9.43. The molecule has 0 aliphatic carbocycles. The minimum Gasteiger partial charge on any atom is -0.386 e. The first-order valence-corrected chi connectivity index (χ1v) is 7.21. The van der Waals surface area contributed by atoms with Crippen molar-refractivity contribution in [2.24, 2.45) is 4.99 Å². The molecular weight excluding hydrogens is 427 g/mol. The van der Waals surface area contributed by atoms with Crippen LogP contribution in [-0.2, 0) is 4.79 Å². The molecule has 6 nitrogen and oxygen atoms in total. The molecule has 1 amide bonds. The van der Waals surface area contributed by atoms with Gasteiger partial charge in [0, 0.05) is 32.6 Å². The molecule has 0 saturated carbocycles. The van der Waals surface area contributed by atoms with Crippen LogP contribution in [0.25, 0.3) is 0 Å². The van der Waals surface area contributed by atoms with Gasteiger partial charge < -0.3 is 20.6 Å². The maximum absolute atomic E-state index is 11.4. The fraction of sp³-hybridized carbons (Fsp3) is 0.500. The lowest BCUT2D eigenvalue weighted by Crippen LogP contribution is -2.43. The van der Waals surface area contributed by atoms with Crippen LogP contribution in [0.2, 0.25) is 4.34 Å². The molecule has 1 rings (SSSR count). The Kier molecular flexibility index (Phi) is 9.92. The molecule has 1 heterocycles. The Labute approximate surface area is 150 Å². The molecule has 0 bridgehead atoms. The molecule has 1 atom stereocenters. The number of hydrogen-bond donors (Lipinski definition) is 3. The van der Waals surface area contributed by atoms with Crippen LogP contribution in [0.1, 0.15) is 11.0 Å². The number of nitrogens with one attached hydrogen (secondary N) is 2. The van der Waals surface area contributed by atoms with Crippen LogP contribution < -0.4 is 10.6 Å². The summed E-state index contributed by atoms with van der Waals surface area (Å²) in [6, 6.07) is 3.53. The van der Waals surface area contributed by atoms with Crippen molar-refractivity contribution in [2.45, 2.75) is 6.10 Å². The van der Waals surface area contributed by atoms with Crippen LogP contribution in [0.3, 0.4) is 0 Å². The first-order valence-electron chi connectivity index (χ1n) is 6.02. The summed E-state index contributed by atoms with van der Waals surface area (Å²) in [5.41, 5.74) is 0. The van der Waals surface area contributed by atoms with E-state index in [1.807, 2.05) is 0 Å². The van der Waals surface area contributed by atoms with Gasteiger partial charge in [-0.3, -0.25) is 9.79 Å². The summed E-state index contributed by atoms with van der Waals surface area (Å²) in [6.07, 6.45) is -0.671. The molecule has 1 aromatic heterocycles. The topological polar surface area (TPSA) is 77.0 Å². The summed E-state index contributed by atoms with van der Waals surface area (Å²) in [5.74, 6) is 0.403. The van der Waals surface area contributed by atoms with Crippen LogP contribution in [-0.4, -0.2) is 56.1 Å². The zero-order valence-electron chi connectivity index (χ0n) is 12.1. The average Bonchev–Trinajstić information content (AvgIpc) is 2.84. The molecule has 1 unspecified atom stereocenters. The van der Waals surface area contributed by atoms with Crippen molar-refractivity contribution >= 4 is 58.8 Å². The number of nitrogens with zero attached hydrogens (tertiary/aromatic N) is 2. The first kappa shape index (κ1) is 20.4. The Morgan fingerprint density at radius 1 is 1.48 bits per heavy atom. The van der Waals surface area contributed by atoms with Gasteiger partial charge in [0.15, 0.2) is 5.96 Å². The van der Waals surface area contributed by atoms with Gasteiger partial charge in [0.05, 0.1) is 10.9 Å². The molecule has 9 heteroatoms. The molecule has 3 N–H and O–H groups in total. The monoisotopic (exact) mass is 446 g/mol. The van der Waals surface area contributed by atoms with Crippen LogP contribution in [0.5, 0.6) is 0 Å². The predicted octanol–water partition coefficient (Wildman–Crippen LogP) is 1.31. The molecule has 0 radical (unpaired) electrons. The number of rotatable bonds is 5. The van der Waals surface area contributed by atoms with Crippen molar-refractivity contribution in [1.82, 2.24) is 15.5 Å². The minimum atomic E-state index is -0.671. The van der Waals surface area contributed by atoms with Gasteiger partial charge in [-0.15, -0.1) is 35.3 Å². The number of hydrogen-bond acceptors (Lipinski definition) is 4. The summed E-state index contributed by atoms with van der Waals surface area (Å²) in [4.78, 5) is 17.7. The molecule has 0 aromatic carbocycles. The third-order valence-corrected chi connectivity index (χ3v) is 3.85. The highest BCUT2D eigenvalue weighted by atomic mass is 127. The van der Waals surface area contributed by atoms with E-state index < -0.39 is 6.10 Å². The number of thiophene rings is 1. The highest BCUT2D eigenvalue weighted by molar-refractivity contribution is 14.0. The van der Waals surface area contributed by atoms with Crippen LogP contribution in [0.4, 0.5) is 0 Å². The highest BCUT2D eigenvalue weighted by Crippen LogP contribution is 2.26. The molecule has 0 aliphatic rings. The maximum atomic E-state index is 11.4. The fourth-order valence-electron chi connectivity index (χ4n) is 1.34. The zero-order chi connectivity index (χ0) is 15.1. The van der Waals surface area contributed by atoms with Gasteiger partial charge in [-0.1, -0.05) is 11.6 Å². The van der Waals surface area contributed by atoms with E-state index in [0.29, 0.717) is 10.3 Å². The third-order valence-electron chi connectivity index (χ3n) is 2.51. The molecule has 0 spiro atoms. The summed E-state index contributed by atoms with van der Waals surface area (Å²) < 4.78 is 0.637. The van der Waals surface area contributed by atoms with E-state index in [1.165, 1.54) is 16.2 Å². The lowest BCUT2D eigenvalue weighted by Gasteiger charge is -2.16. The van der Waals surface area contributed by atoms with Gasteiger partial charge in [0.2, 0.25) is 5.91 Å². The minimum absolute atomic E-state index is 0. The van der Waals surface area contributed by atoms with Gasteiger partial charge >= 0.3 is 0 Å². The lowest BCUT2D eigenvalue weighted by atomic mass is 10.3. The van der Waals surface area contributed by atoms with Crippen LogP contribution in [0, 0.1) is 0 Å². The van der Waals surface area contributed by atoms with E-state index in [4.69, 9.17) is 11.6 Å². The Bertz CT molecular complexity index is 482. The standard InChI is InChI=1S/C12H19ClN4O2S.HI/c1-14-12(16-7-11(19)17(2)3)15-6-8(18)9-4-5-10(13)20-9;/h4-5,8,18H,6-7H2,1-3H3,(H2,14,15,16);1H. The molecule has 120 valence electrons. The largest absolute Gasteiger partial charge is 0.386 e. The van der Waals surface area contributed by atoms with E-state index in [1.54, 1.807) is 33.3 Å². The Morgan fingerprint density at radius 3 is 2.62 bits per heavy atom. The van der Waals surface area contributed by atoms with E-state index in [9.17, 15) is 9.90 Å². The average molecular weight is 447 g/mol. The fourth-order valence-corrected chi connectivity index (χ4v) is 2.39. The van der Waals surface area contributed by atoms with Crippen molar-refractivity contribution in [3.63, 3.8) is 0 Å². The highest BCUT2D eigenvalue weighted by Gasteiger charge is 2.11. The van der Waals surface area contributed by atoms with Crippen LogP contribution >= 0.6 is 46.9 Å². The van der Waals surface area contributed by atoms with Crippen molar-refractivity contribution in [3.05, 3.63) is 21.3 Å². The quantitative estimate of drug-likeness (QED) is 0.362. The second-order valence-electron chi connectivity index (χ2n) is 4.25. The van der Waals surface area contributed by atoms with Crippen molar-refractivity contribution in [1.29, 1.82) is 0 Å². The van der Waals surface area contributed by atoms with Gasteiger partial charge in [0.25, 0.3) is 0 Å². The summed E-state index contributed by atoms with van der Waals surface area (Å²) in [6.45, 7) is 0.431. The molecule has 21 heavy (non-hydrogen) atoms. The zero-order valence-corrected chi connectivity index (χ0v) is 16.0. The van der Waals surface area contributed by atoms with Gasteiger partial charge in [0.1, 0.15) is 6.10 Å². The SMILES string of the molecule is CN=C(NCC(=O)N(C)C)NCC(O)c1ccc(Cl)s1.I. The van der Waals surface area contributed by atoms with Gasteiger partial charge in [-0.25, -0.2) is 0 Å². The molecule has 0 fully saturated rings. The Hall–Kier alpha value is -0.580. The number of likely N-dealkylation sites (N-methyl/N-ethyl adjacent to an activating group) is 1. The van der Waals surface area contributed by atoms with Crippen LogP contribution in [0.15, 0.2) is 17.1 Å². The van der Waals surface area contributed by atoms with E-state index in [0.717, 1.165) is 4.88 Å². The third kappa shape index (κ3) is 7.30. The van der Waals surface area contributed by atoms with Crippen molar-refractivity contribution in [3.8, 4) is 0 Å². The summed E-state index contributed by atoms with van der Waals surface area (Å²) >= 11 is 7.15. The number of aliphatic imine (C=N–C) groups is 1. The number of aliphatic hydroxyl groups is 1. The number of halogens is 2. The number of carbonyl (C=O) groups is 1. The second kappa shape index (κ2) is 10.2. The number of carbonyl (C=O) groups excluding carboxylic acids is 1. The molecule has 1 aromatic rings.